The minimum absolute atomic E-state index is 0.120. The van der Waals surface area contributed by atoms with Crippen molar-refractivity contribution in [1.82, 2.24) is 0 Å². The first-order valence-corrected chi connectivity index (χ1v) is 10.1. The zero-order chi connectivity index (χ0) is 28.1. The lowest BCUT2D eigenvalue weighted by Crippen LogP contribution is -2.18. The van der Waals surface area contributed by atoms with Gasteiger partial charge in [0, 0.05) is 10.4 Å². The van der Waals surface area contributed by atoms with E-state index in [1.165, 1.54) is 0 Å². The number of nitrogens with zero attached hydrogens (tertiary/aromatic N) is 4. The van der Waals surface area contributed by atoms with Crippen LogP contribution in [-0.2, 0) is 12.4 Å². The summed E-state index contributed by atoms with van der Waals surface area (Å²) in [6.07, 6.45) is -9.21. The monoisotopic (exact) mass is 524 g/mol. The first-order chi connectivity index (χ1) is 17.9. The fraction of sp³-hybridized carbons (Fsp3) is 0.0769. The molecule has 0 amide bonds. The molecule has 3 aromatic carbocycles. The first-order valence-electron chi connectivity index (χ1n) is 10.1. The second kappa shape index (κ2) is 10.7. The maximum Gasteiger partial charge on any atom is 0.416 e. The summed E-state index contributed by atoms with van der Waals surface area (Å²) in [6, 6.07) is 12.4. The quantitative estimate of drug-likeness (QED) is 0.292. The number of ether oxygens (including phenoxy) is 2. The van der Waals surface area contributed by atoms with Gasteiger partial charge in [-0.05, 0) is 60.7 Å². The van der Waals surface area contributed by atoms with E-state index in [-0.39, 0.29) is 33.4 Å². The Morgan fingerprint density at radius 2 is 0.947 bits per heavy atom. The topological polar surface area (TPSA) is 74.8 Å². The number of hydrogen-bond acceptors (Lipinski definition) is 4. The van der Waals surface area contributed by atoms with E-state index >= 15 is 0 Å². The maximum atomic E-state index is 12.9. The minimum atomic E-state index is -4.60. The lowest BCUT2D eigenvalue weighted by atomic mass is 10.1. The van der Waals surface area contributed by atoms with Crippen molar-refractivity contribution >= 4 is 11.4 Å². The number of benzene rings is 3. The third-order valence-corrected chi connectivity index (χ3v) is 4.85. The summed E-state index contributed by atoms with van der Waals surface area (Å²) < 4.78 is 88.5. The highest BCUT2D eigenvalue weighted by Gasteiger charge is 2.31. The maximum absolute atomic E-state index is 12.9. The molecule has 0 unspecified atom stereocenters. The van der Waals surface area contributed by atoms with E-state index in [9.17, 15) is 36.9 Å². The second-order valence-electron chi connectivity index (χ2n) is 7.24. The zero-order valence-corrected chi connectivity index (χ0v) is 18.6. The van der Waals surface area contributed by atoms with Gasteiger partial charge in [0.1, 0.15) is 23.0 Å². The van der Waals surface area contributed by atoms with Gasteiger partial charge in [-0.1, -0.05) is 0 Å². The Balaban J connectivity index is 2.23. The Labute approximate surface area is 210 Å². The number of halogens is 6. The van der Waals surface area contributed by atoms with Crippen LogP contribution in [0.15, 0.2) is 60.7 Å². The van der Waals surface area contributed by atoms with Gasteiger partial charge < -0.3 is 9.47 Å². The summed E-state index contributed by atoms with van der Waals surface area (Å²) in [5, 5.41) is 18.4. The summed E-state index contributed by atoms with van der Waals surface area (Å²) in [6.45, 7) is 14.6. The van der Waals surface area contributed by atoms with Gasteiger partial charge in [0.15, 0.2) is 0 Å². The van der Waals surface area contributed by atoms with Crippen LogP contribution in [0, 0.1) is 35.8 Å². The van der Waals surface area contributed by atoms with E-state index in [1.54, 1.807) is 12.1 Å². The van der Waals surface area contributed by atoms with E-state index in [0.717, 1.165) is 60.7 Å². The van der Waals surface area contributed by atoms with Crippen molar-refractivity contribution < 1.29 is 35.8 Å². The second-order valence-corrected chi connectivity index (χ2v) is 7.24. The van der Waals surface area contributed by atoms with Crippen LogP contribution >= 0.6 is 0 Å². The third kappa shape index (κ3) is 6.02. The van der Waals surface area contributed by atoms with Crippen molar-refractivity contribution in [1.29, 1.82) is 10.5 Å². The lowest BCUT2D eigenvalue weighted by molar-refractivity contribution is -0.138. The average molecular weight is 524 g/mol. The molecule has 0 saturated heterocycles. The zero-order valence-electron chi connectivity index (χ0n) is 18.6. The Kier molecular flexibility index (Phi) is 7.61. The third-order valence-electron chi connectivity index (χ3n) is 4.85. The van der Waals surface area contributed by atoms with Crippen LogP contribution in [0.3, 0.4) is 0 Å². The molecule has 0 N–H and O–H groups in total. The van der Waals surface area contributed by atoms with Gasteiger partial charge >= 0.3 is 12.4 Å². The summed E-state index contributed by atoms with van der Waals surface area (Å²) in [4.78, 5) is 6.18. The molecule has 0 aliphatic heterocycles. The summed E-state index contributed by atoms with van der Waals surface area (Å²) >= 11 is 0. The molecule has 0 radical (unpaired) electrons. The highest BCUT2D eigenvalue weighted by Crippen LogP contribution is 2.32. The fourth-order valence-electron chi connectivity index (χ4n) is 3.07. The molecule has 3 rings (SSSR count). The number of hydrogen-bond donors (Lipinski definition) is 0. The van der Waals surface area contributed by atoms with Crippen molar-refractivity contribution in [2.75, 3.05) is 0 Å². The highest BCUT2D eigenvalue weighted by atomic mass is 19.4. The van der Waals surface area contributed by atoms with Crippen LogP contribution in [0.4, 0.5) is 26.3 Å². The van der Waals surface area contributed by atoms with Gasteiger partial charge in [-0.15, -0.1) is 0 Å². The van der Waals surface area contributed by atoms with Gasteiger partial charge in [-0.3, -0.25) is 0 Å². The highest BCUT2D eigenvalue weighted by molar-refractivity contribution is 5.72. The molecule has 0 heterocycles. The Bertz CT molecular complexity index is 1500. The summed E-state index contributed by atoms with van der Waals surface area (Å²) in [5.74, 6) is -0.762. The van der Waals surface area contributed by atoms with Crippen LogP contribution in [-0.4, -0.2) is 0 Å². The van der Waals surface area contributed by atoms with Crippen molar-refractivity contribution in [2.45, 2.75) is 12.4 Å². The molecule has 0 bridgehead atoms. The number of nitriles is 2. The number of rotatable bonds is 4. The summed E-state index contributed by atoms with van der Waals surface area (Å²) in [5.41, 5.74) is -2.97. The van der Waals surface area contributed by atoms with E-state index < -0.39 is 34.9 Å². The van der Waals surface area contributed by atoms with Crippen LogP contribution in [0.5, 0.6) is 23.0 Å². The van der Waals surface area contributed by atoms with E-state index in [4.69, 9.17) is 22.6 Å². The molecule has 6 nitrogen and oxygen atoms in total. The predicted octanol–water partition coefficient (Wildman–Crippen LogP) is 6.41. The molecule has 0 saturated carbocycles. The van der Waals surface area contributed by atoms with Gasteiger partial charge in [-0.25, -0.2) is 20.2 Å². The van der Waals surface area contributed by atoms with Crippen molar-refractivity contribution in [3.05, 3.63) is 105 Å². The van der Waals surface area contributed by atoms with Crippen LogP contribution in [0.2, 0.25) is 0 Å². The average Bonchev–Trinajstić information content (AvgIpc) is 2.87. The molecule has 188 valence electrons. The molecule has 12 heteroatoms. The van der Waals surface area contributed by atoms with Gasteiger partial charge in [-0.2, -0.15) is 26.3 Å². The normalized spacial score (nSPS) is 12.7. The molecule has 0 atom stereocenters. The Morgan fingerprint density at radius 3 is 1.18 bits per heavy atom. The van der Waals surface area contributed by atoms with E-state index in [2.05, 4.69) is 9.69 Å². The molecule has 38 heavy (non-hydrogen) atoms. The standard InChI is InChI=1S/C26H10F6N4O2/c1-35-21(13-33)19-11-24(38-18-9-5-16(6-10-18)26(30,31)32)20(22(14-34)36-2)12-23(19)37-17-7-3-15(4-8-17)25(27,28)29/h3-12H. The molecular weight excluding hydrogens is 514 g/mol. The SMILES string of the molecule is [C-]#[N+]C(C#N)=c1cc(Oc2ccc(C(F)(F)F)cc2)c(=C(C#N)[N+]#[C-])cc1Oc1ccc(C(F)(F)F)cc1. The smallest absolute Gasteiger partial charge is 0.416 e. The molecular formula is C26H10F6N4O2. The van der Waals surface area contributed by atoms with Crippen LogP contribution in [0.25, 0.3) is 21.1 Å². The van der Waals surface area contributed by atoms with Crippen molar-refractivity contribution in [2.24, 2.45) is 0 Å². The van der Waals surface area contributed by atoms with Gasteiger partial charge in [0.2, 0.25) is 0 Å². The van der Waals surface area contributed by atoms with E-state index in [0.29, 0.717) is 0 Å². The van der Waals surface area contributed by atoms with E-state index in [1.807, 2.05) is 0 Å². The minimum Gasteiger partial charge on any atom is -0.458 e. The van der Waals surface area contributed by atoms with Gasteiger partial charge in [0.05, 0.1) is 36.4 Å². The molecule has 3 aromatic rings. The molecule has 0 aromatic heterocycles. The molecule has 0 spiro atoms. The van der Waals surface area contributed by atoms with Gasteiger partial charge in [0.25, 0.3) is 11.4 Å². The Morgan fingerprint density at radius 1 is 0.632 bits per heavy atom. The number of alkyl halides is 6. The first kappa shape index (κ1) is 27.1. The molecule has 0 fully saturated rings. The Hall–Kier alpha value is -5.46. The summed E-state index contributed by atoms with van der Waals surface area (Å²) in [7, 11) is 0. The molecule has 0 aliphatic carbocycles. The predicted molar refractivity (Wildman–Crippen MR) is 120 cm³/mol. The lowest BCUT2D eigenvalue weighted by Gasteiger charge is -2.13. The van der Waals surface area contributed by atoms with Crippen LogP contribution < -0.4 is 19.9 Å². The van der Waals surface area contributed by atoms with Crippen LogP contribution in [0.1, 0.15) is 11.1 Å². The fourth-order valence-corrected chi connectivity index (χ4v) is 3.07. The largest absolute Gasteiger partial charge is 0.458 e. The van der Waals surface area contributed by atoms with Crippen molar-refractivity contribution in [3.8, 4) is 35.1 Å². The van der Waals surface area contributed by atoms with Crippen molar-refractivity contribution in [3.63, 3.8) is 0 Å². The molecule has 0 aliphatic rings.